The van der Waals surface area contributed by atoms with Crippen LogP contribution in [-0.4, -0.2) is 22.7 Å². The van der Waals surface area contributed by atoms with Gasteiger partial charge in [-0.15, -0.1) is 11.8 Å². The first-order valence-electron chi connectivity index (χ1n) is 4.28. The van der Waals surface area contributed by atoms with Crippen molar-refractivity contribution in [1.29, 1.82) is 0 Å². The number of amides is 1. The summed E-state index contributed by atoms with van der Waals surface area (Å²) < 4.78 is 0. The smallest absolute Gasteiger partial charge is 0.313 e. The van der Waals surface area contributed by atoms with Crippen LogP contribution in [0.1, 0.15) is 15.9 Å². The number of nitrogens with two attached hydrogens (primary N) is 1. The summed E-state index contributed by atoms with van der Waals surface area (Å²) in [6.07, 6.45) is 0. The Bertz CT molecular complexity index is 361. The molecule has 15 heavy (non-hydrogen) atoms. The fourth-order valence-electron chi connectivity index (χ4n) is 1.02. The van der Waals surface area contributed by atoms with E-state index in [2.05, 4.69) is 0 Å². The van der Waals surface area contributed by atoms with Gasteiger partial charge in [0.1, 0.15) is 0 Å². The number of hydrogen-bond donors (Lipinski definition) is 2. The van der Waals surface area contributed by atoms with Crippen molar-refractivity contribution in [3.8, 4) is 0 Å². The highest BCUT2D eigenvalue weighted by Gasteiger charge is 2.01. The Labute approximate surface area is 91.5 Å². The van der Waals surface area contributed by atoms with Crippen molar-refractivity contribution in [3.63, 3.8) is 0 Å². The quantitative estimate of drug-likeness (QED) is 0.786. The van der Waals surface area contributed by atoms with Gasteiger partial charge in [-0.3, -0.25) is 9.59 Å². The van der Waals surface area contributed by atoms with E-state index in [0.29, 0.717) is 11.3 Å². The van der Waals surface area contributed by atoms with Crippen LogP contribution in [0.5, 0.6) is 0 Å². The van der Waals surface area contributed by atoms with E-state index in [0.717, 1.165) is 5.56 Å². The van der Waals surface area contributed by atoms with Crippen molar-refractivity contribution in [2.75, 3.05) is 5.75 Å². The van der Waals surface area contributed by atoms with E-state index in [-0.39, 0.29) is 5.75 Å². The maximum Gasteiger partial charge on any atom is 0.313 e. The van der Waals surface area contributed by atoms with Gasteiger partial charge in [-0.1, -0.05) is 12.1 Å². The van der Waals surface area contributed by atoms with Crippen molar-refractivity contribution in [2.45, 2.75) is 5.75 Å². The van der Waals surface area contributed by atoms with Crippen LogP contribution in [0.2, 0.25) is 0 Å². The van der Waals surface area contributed by atoms with Crippen LogP contribution in [0.15, 0.2) is 24.3 Å². The van der Waals surface area contributed by atoms with Gasteiger partial charge < -0.3 is 10.8 Å². The van der Waals surface area contributed by atoms with Gasteiger partial charge in [0.05, 0.1) is 5.75 Å². The second-order valence-electron chi connectivity index (χ2n) is 2.95. The Kier molecular flexibility index (Phi) is 4.17. The third-order valence-electron chi connectivity index (χ3n) is 1.73. The average molecular weight is 225 g/mol. The zero-order valence-electron chi connectivity index (χ0n) is 7.97. The molecule has 5 heteroatoms. The largest absolute Gasteiger partial charge is 0.481 e. The van der Waals surface area contributed by atoms with Crippen LogP contribution in [0, 0.1) is 0 Å². The van der Waals surface area contributed by atoms with Crippen LogP contribution in [0.25, 0.3) is 0 Å². The summed E-state index contributed by atoms with van der Waals surface area (Å²) >= 11 is 1.31. The second kappa shape index (κ2) is 5.41. The Morgan fingerprint density at radius 2 is 1.87 bits per heavy atom. The normalized spacial score (nSPS) is 9.87. The van der Waals surface area contributed by atoms with Crippen molar-refractivity contribution in [1.82, 2.24) is 0 Å². The molecule has 1 amide bonds. The molecule has 4 nitrogen and oxygen atoms in total. The maximum absolute atomic E-state index is 10.8. The number of thioether (sulfide) groups is 1. The molecule has 0 aliphatic rings. The van der Waals surface area contributed by atoms with Crippen molar-refractivity contribution in [2.24, 2.45) is 5.73 Å². The van der Waals surface area contributed by atoms with Crippen molar-refractivity contribution < 1.29 is 14.7 Å². The van der Waals surface area contributed by atoms with Crippen LogP contribution >= 0.6 is 11.8 Å². The highest BCUT2D eigenvalue weighted by Crippen LogP contribution is 2.12. The predicted octanol–water partition coefficient (Wildman–Crippen LogP) is 1.10. The lowest BCUT2D eigenvalue weighted by molar-refractivity contribution is -0.133. The first-order valence-corrected chi connectivity index (χ1v) is 5.43. The fourth-order valence-corrected chi connectivity index (χ4v) is 1.73. The molecule has 0 saturated heterocycles. The number of carbonyl (C=O) groups is 2. The summed E-state index contributed by atoms with van der Waals surface area (Å²) in [6.45, 7) is 0. The van der Waals surface area contributed by atoms with Gasteiger partial charge in [0.2, 0.25) is 5.91 Å². The van der Waals surface area contributed by atoms with E-state index < -0.39 is 11.9 Å². The molecule has 1 rings (SSSR count). The molecule has 3 N–H and O–H groups in total. The molecular formula is C10H11NO3S. The minimum absolute atomic E-state index is 0.0809. The molecule has 0 heterocycles. The number of rotatable bonds is 5. The Balaban J connectivity index is 2.50. The van der Waals surface area contributed by atoms with E-state index >= 15 is 0 Å². The minimum Gasteiger partial charge on any atom is -0.481 e. The number of aliphatic carboxylic acids is 1. The number of carbonyl (C=O) groups excluding carboxylic acids is 1. The molecule has 0 fully saturated rings. The van der Waals surface area contributed by atoms with Crippen LogP contribution in [0.3, 0.4) is 0 Å². The molecule has 0 aliphatic heterocycles. The lowest BCUT2D eigenvalue weighted by Gasteiger charge is -2.00. The molecule has 1 aromatic rings. The van der Waals surface area contributed by atoms with Crippen molar-refractivity contribution in [3.05, 3.63) is 35.4 Å². The first kappa shape index (κ1) is 11.6. The number of benzene rings is 1. The van der Waals surface area contributed by atoms with Gasteiger partial charge in [-0.05, 0) is 17.7 Å². The maximum atomic E-state index is 10.8. The molecule has 0 saturated carbocycles. The highest BCUT2D eigenvalue weighted by molar-refractivity contribution is 7.99. The van der Waals surface area contributed by atoms with E-state index in [1.54, 1.807) is 24.3 Å². The van der Waals surface area contributed by atoms with Gasteiger partial charge in [-0.25, -0.2) is 0 Å². The molecule has 0 spiro atoms. The van der Waals surface area contributed by atoms with Crippen molar-refractivity contribution >= 4 is 23.6 Å². The molecule has 0 aliphatic carbocycles. The zero-order chi connectivity index (χ0) is 11.3. The third-order valence-corrected chi connectivity index (χ3v) is 2.72. The SMILES string of the molecule is NC(=O)c1ccc(CSCC(=O)O)cc1. The van der Waals surface area contributed by atoms with Crippen LogP contribution in [0.4, 0.5) is 0 Å². The molecule has 1 aromatic carbocycles. The summed E-state index contributed by atoms with van der Waals surface area (Å²) in [4.78, 5) is 21.0. The van der Waals surface area contributed by atoms with Gasteiger partial charge in [0.15, 0.2) is 0 Å². The molecule has 0 radical (unpaired) electrons. The number of carboxylic acid groups (broad SMARTS) is 1. The molecule has 0 unspecified atom stereocenters. The summed E-state index contributed by atoms with van der Waals surface area (Å²) in [5, 5.41) is 8.43. The Morgan fingerprint density at radius 1 is 1.27 bits per heavy atom. The number of carboxylic acids is 1. The summed E-state index contributed by atoms with van der Waals surface area (Å²) in [5.41, 5.74) is 6.52. The molecule has 0 bridgehead atoms. The van der Waals surface area contributed by atoms with Crippen LogP contribution < -0.4 is 5.73 Å². The van der Waals surface area contributed by atoms with Gasteiger partial charge in [0.25, 0.3) is 0 Å². The van der Waals surface area contributed by atoms with E-state index in [4.69, 9.17) is 10.8 Å². The average Bonchev–Trinajstić information content (AvgIpc) is 2.18. The standard InChI is InChI=1S/C10H11NO3S/c11-10(14)8-3-1-7(2-4-8)5-15-6-9(12)13/h1-4H,5-6H2,(H2,11,14)(H,12,13). The Hall–Kier alpha value is -1.49. The molecular weight excluding hydrogens is 214 g/mol. The number of primary amides is 1. The van der Waals surface area contributed by atoms with Gasteiger partial charge in [-0.2, -0.15) is 0 Å². The highest BCUT2D eigenvalue weighted by atomic mass is 32.2. The summed E-state index contributed by atoms with van der Waals surface area (Å²) in [6, 6.07) is 6.82. The molecule has 0 aromatic heterocycles. The van der Waals surface area contributed by atoms with E-state index in [9.17, 15) is 9.59 Å². The summed E-state index contributed by atoms with van der Waals surface area (Å²) in [7, 11) is 0. The third kappa shape index (κ3) is 4.03. The molecule has 80 valence electrons. The predicted molar refractivity (Wildman–Crippen MR) is 58.8 cm³/mol. The fraction of sp³-hybridized carbons (Fsp3) is 0.200. The lowest BCUT2D eigenvalue weighted by Crippen LogP contribution is -2.10. The van der Waals surface area contributed by atoms with E-state index in [1.165, 1.54) is 11.8 Å². The monoisotopic (exact) mass is 225 g/mol. The minimum atomic E-state index is -0.825. The Morgan fingerprint density at radius 3 is 2.33 bits per heavy atom. The summed E-state index contributed by atoms with van der Waals surface area (Å²) in [5.74, 6) is -0.586. The van der Waals surface area contributed by atoms with E-state index in [1.807, 2.05) is 0 Å². The topological polar surface area (TPSA) is 80.4 Å². The zero-order valence-corrected chi connectivity index (χ0v) is 8.79. The molecule has 0 atom stereocenters. The van der Waals surface area contributed by atoms with Crippen LogP contribution in [-0.2, 0) is 10.5 Å². The van der Waals surface area contributed by atoms with Gasteiger partial charge in [0, 0.05) is 11.3 Å². The first-order chi connectivity index (χ1) is 7.09. The number of hydrogen-bond acceptors (Lipinski definition) is 3. The van der Waals surface area contributed by atoms with Gasteiger partial charge >= 0.3 is 5.97 Å². The lowest BCUT2D eigenvalue weighted by atomic mass is 10.1. The second-order valence-corrected chi connectivity index (χ2v) is 3.93.